The van der Waals surface area contributed by atoms with Gasteiger partial charge in [-0.1, -0.05) is 64.7 Å². The third-order valence-corrected chi connectivity index (χ3v) is 6.44. The number of unbranched alkanes of at least 4 members (excludes halogenated alkanes) is 9. The van der Waals surface area contributed by atoms with Crippen LogP contribution in [0.15, 0.2) is 0 Å². The Bertz CT molecular complexity index is 509. The van der Waals surface area contributed by atoms with E-state index in [0.717, 1.165) is 25.7 Å². The first-order chi connectivity index (χ1) is 15.4. The van der Waals surface area contributed by atoms with Crippen molar-refractivity contribution in [2.45, 2.75) is 108 Å². The number of aliphatic hydroxyl groups excluding tert-OH is 4. The largest absolute Gasteiger partial charge is 0.472 e. The van der Waals surface area contributed by atoms with E-state index >= 15 is 0 Å². The fraction of sp³-hybridized carbons (Fsp3) is 1.00. The van der Waals surface area contributed by atoms with Crippen molar-refractivity contribution < 1.29 is 48.4 Å². The fourth-order valence-corrected chi connectivity index (χ4v) is 4.47. The highest BCUT2D eigenvalue weighted by molar-refractivity contribution is 7.47. The van der Waals surface area contributed by atoms with Crippen LogP contribution in [0.2, 0.25) is 0 Å². The molecule has 11 heteroatoms. The highest BCUT2D eigenvalue weighted by Gasteiger charge is 2.48. The summed E-state index contributed by atoms with van der Waals surface area (Å²) in [5.74, 6) is 0. The number of ether oxygens (including phenoxy) is 2. The van der Waals surface area contributed by atoms with E-state index in [4.69, 9.17) is 23.6 Å². The third-order valence-electron chi connectivity index (χ3n) is 5.42. The van der Waals surface area contributed by atoms with Gasteiger partial charge in [0.1, 0.15) is 24.4 Å². The maximum absolute atomic E-state index is 12.1. The average Bonchev–Trinajstić information content (AvgIpc) is 2.76. The molecule has 32 heavy (non-hydrogen) atoms. The van der Waals surface area contributed by atoms with Crippen molar-refractivity contribution in [1.82, 2.24) is 0 Å². The van der Waals surface area contributed by atoms with Gasteiger partial charge in [-0.2, -0.15) is 0 Å². The molecular formula is C21H43O10P. The lowest BCUT2D eigenvalue weighted by Gasteiger charge is -2.41. The molecule has 0 bridgehead atoms. The van der Waals surface area contributed by atoms with Gasteiger partial charge in [0.25, 0.3) is 0 Å². The van der Waals surface area contributed by atoms with Crippen LogP contribution in [-0.4, -0.2) is 82.5 Å². The molecule has 0 amide bonds. The summed E-state index contributed by atoms with van der Waals surface area (Å²) in [6.07, 6.45) is 4.66. The van der Waals surface area contributed by atoms with Gasteiger partial charge in [0.2, 0.25) is 0 Å². The maximum Gasteiger partial charge on any atom is 0.472 e. The van der Waals surface area contributed by atoms with Gasteiger partial charge in [-0.05, 0) is 12.8 Å². The molecule has 1 fully saturated rings. The van der Waals surface area contributed by atoms with Crippen LogP contribution in [0.1, 0.15) is 77.6 Å². The molecule has 5 N–H and O–H groups in total. The van der Waals surface area contributed by atoms with E-state index in [0.29, 0.717) is 0 Å². The zero-order valence-corrected chi connectivity index (χ0v) is 20.1. The van der Waals surface area contributed by atoms with Gasteiger partial charge in [0, 0.05) is 13.2 Å². The summed E-state index contributed by atoms with van der Waals surface area (Å²) in [4.78, 5) is 9.87. The van der Waals surface area contributed by atoms with Gasteiger partial charge in [-0.3, -0.25) is 9.05 Å². The van der Waals surface area contributed by atoms with Crippen molar-refractivity contribution in [3.05, 3.63) is 0 Å². The van der Waals surface area contributed by atoms with Crippen molar-refractivity contribution in [3.63, 3.8) is 0 Å². The predicted molar refractivity (Wildman–Crippen MR) is 118 cm³/mol. The molecule has 0 aromatic rings. The molecule has 1 rings (SSSR count). The summed E-state index contributed by atoms with van der Waals surface area (Å²) < 4.78 is 33.0. The van der Waals surface area contributed by atoms with Gasteiger partial charge in [0.05, 0.1) is 13.2 Å². The van der Waals surface area contributed by atoms with E-state index in [9.17, 15) is 24.8 Å². The fourth-order valence-electron chi connectivity index (χ4n) is 3.52. The number of phosphoric acid groups is 1. The second-order valence-electron chi connectivity index (χ2n) is 8.21. The van der Waals surface area contributed by atoms with Gasteiger partial charge in [-0.25, -0.2) is 4.57 Å². The number of hydrogen-bond acceptors (Lipinski definition) is 9. The summed E-state index contributed by atoms with van der Waals surface area (Å²) in [7, 11) is -4.59. The third kappa shape index (κ3) is 11.8. The van der Waals surface area contributed by atoms with E-state index in [2.05, 4.69) is 6.92 Å². The summed E-state index contributed by atoms with van der Waals surface area (Å²) in [6.45, 7) is 1.46. The maximum atomic E-state index is 12.1. The monoisotopic (exact) mass is 486 g/mol. The van der Waals surface area contributed by atoms with Crippen LogP contribution in [0.25, 0.3) is 0 Å². The molecule has 2 unspecified atom stereocenters. The summed E-state index contributed by atoms with van der Waals surface area (Å²) >= 11 is 0. The molecule has 192 valence electrons. The molecule has 1 aliphatic heterocycles. The number of hydrogen-bond donors (Lipinski definition) is 5. The Morgan fingerprint density at radius 2 is 1.44 bits per heavy atom. The first-order valence-electron chi connectivity index (χ1n) is 11.9. The highest BCUT2D eigenvalue weighted by atomic mass is 31.2. The molecule has 1 saturated heterocycles. The molecule has 0 spiro atoms. The predicted octanol–water partition coefficient (Wildman–Crippen LogP) is 2.25. The second kappa shape index (κ2) is 17.3. The van der Waals surface area contributed by atoms with Crippen molar-refractivity contribution >= 4 is 7.82 Å². The first-order valence-corrected chi connectivity index (χ1v) is 13.4. The minimum Gasteiger partial charge on any atom is -0.396 e. The van der Waals surface area contributed by atoms with Gasteiger partial charge >= 0.3 is 7.82 Å². The Morgan fingerprint density at radius 1 is 0.844 bits per heavy atom. The Balaban J connectivity index is 2.43. The highest BCUT2D eigenvalue weighted by Crippen LogP contribution is 2.47. The lowest BCUT2D eigenvalue weighted by atomic mass is 9.99. The van der Waals surface area contributed by atoms with E-state index in [1.165, 1.54) is 38.5 Å². The van der Waals surface area contributed by atoms with Crippen molar-refractivity contribution in [2.75, 3.05) is 26.4 Å². The van der Waals surface area contributed by atoms with Crippen molar-refractivity contribution in [3.8, 4) is 0 Å². The van der Waals surface area contributed by atoms with E-state index in [1.807, 2.05) is 0 Å². The molecule has 1 heterocycles. The molecule has 0 aliphatic carbocycles. The number of phosphoric ester groups is 1. The zero-order valence-electron chi connectivity index (χ0n) is 19.2. The van der Waals surface area contributed by atoms with Crippen LogP contribution < -0.4 is 0 Å². The van der Waals surface area contributed by atoms with Crippen LogP contribution in [0.3, 0.4) is 0 Å². The number of aliphatic hydroxyl groups is 4. The second-order valence-corrected chi connectivity index (χ2v) is 9.61. The molecule has 0 aromatic carbocycles. The van der Waals surface area contributed by atoms with Crippen LogP contribution in [0.5, 0.6) is 0 Å². The Labute approximate surface area is 191 Å². The number of rotatable bonds is 19. The van der Waals surface area contributed by atoms with E-state index in [1.54, 1.807) is 0 Å². The summed E-state index contributed by atoms with van der Waals surface area (Å²) in [6, 6.07) is 0. The Hall–Kier alpha value is -0.130. The SMILES string of the molecule is CCCCCCCCCCCCOC1O[C@H](CO)[C@@H](O)[C@H](O)[C@H]1OP(=O)(O)OCCCO. The van der Waals surface area contributed by atoms with E-state index < -0.39 is 45.1 Å². The van der Waals surface area contributed by atoms with Crippen molar-refractivity contribution in [1.29, 1.82) is 0 Å². The smallest absolute Gasteiger partial charge is 0.396 e. The topological polar surface area (TPSA) is 155 Å². The standard InChI is InChI=1S/C21H43O10P/c1-2-3-4-5-6-7-8-9-10-11-14-28-21-20(19(25)18(24)17(16-23)30-21)31-32(26,27)29-15-12-13-22/h17-25H,2-16H2,1H3,(H,26,27)/t17-,18-,19+,20-,21?/m1/s1. The van der Waals surface area contributed by atoms with Crippen LogP contribution in [-0.2, 0) is 23.1 Å². The first kappa shape index (κ1) is 29.9. The average molecular weight is 487 g/mol. The molecule has 0 aromatic heterocycles. The quantitative estimate of drug-likeness (QED) is 0.136. The van der Waals surface area contributed by atoms with Crippen LogP contribution in [0, 0.1) is 0 Å². The minimum atomic E-state index is -4.59. The van der Waals surface area contributed by atoms with Crippen LogP contribution >= 0.6 is 7.82 Å². The van der Waals surface area contributed by atoms with E-state index in [-0.39, 0.29) is 26.2 Å². The lowest BCUT2D eigenvalue weighted by Crippen LogP contribution is -2.59. The lowest BCUT2D eigenvalue weighted by molar-refractivity contribution is -0.297. The molecule has 10 nitrogen and oxygen atoms in total. The Morgan fingerprint density at radius 3 is 2.00 bits per heavy atom. The summed E-state index contributed by atoms with van der Waals surface area (Å²) in [5.41, 5.74) is 0. The Kier molecular flexibility index (Phi) is 16.2. The molecular weight excluding hydrogens is 443 g/mol. The molecule has 1 aliphatic rings. The summed E-state index contributed by atoms with van der Waals surface area (Å²) in [5, 5.41) is 38.6. The normalized spacial score (nSPS) is 28.0. The van der Waals surface area contributed by atoms with Crippen molar-refractivity contribution in [2.24, 2.45) is 0 Å². The zero-order chi connectivity index (χ0) is 23.8. The van der Waals surface area contributed by atoms with Gasteiger partial charge in [0.15, 0.2) is 6.29 Å². The molecule has 0 saturated carbocycles. The van der Waals surface area contributed by atoms with Gasteiger partial charge in [-0.15, -0.1) is 0 Å². The molecule has 6 atom stereocenters. The van der Waals surface area contributed by atoms with Crippen LogP contribution in [0.4, 0.5) is 0 Å². The van der Waals surface area contributed by atoms with Gasteiger partial charge < -0.3 is 34.8 Å². The molecule has 0 radical (unpaired) electrons. The minimum absolute atomic E-state index is 0.130.